The first-order chi connectivity index (χ1) is 8.99. The van der Waals surface area contributed by atoms with Gasteiger partial charge in [0.05, 0.1) is 5.56 Å². The van der Waals surface area contributed by atoms with Crippen LogP contribution in [0.5, 0.6) is 0 Å². The molecule has 19 heavy (non-hydrogen) atoms. The molecule has 1 unspecified atom stereocenters. The number of rotatable bonds is 4. The van der Waals surface area contributed by atoms with Gasteiger partial charge in [0.1, 0.15) is 5.82 Å². The summed E-state index contributed by atoms with van der Waals surface area (Å²) >= 11 is 0. The number of carboxylic acid groups (broad SMARTS) is 1. The summed E-state index contributed by atoms with van der Waals surface area (Å²) in [5.74, 6) is -1.82. The molecule has 0 aromatic heterocycles. The predicted molar refractivity (Wildman–Crippen MR) is 70.7 cm³/mol. The Morgan fingerprint density at radius 3 is 2.84 bits per heavy atom. The summed E-state index contributed by atoms with van der Waals surface area (Å²) in [5, 5.41) is 8.91. The molecule has 2 rings (SSSR count). The molecule has 0 bridgehead atoms. The smallest absolute Gasteiger partial charge is 0.338 e. The van der Waals surface area contributed by atoms with E-state index in [0.29, 0.717) is 18.2 Å². The van der Waals surface area contributed by atoms with Gasteiger partial charge < -0.3 is 10.0 Å². The molecule has 1 saturated heterocycles. The van der Waals surface area contributed by atoms with Crippen molar-refractivity contribution in [3.05, 3.63) is 35.1 Å². The van der Waals surface area contributed by atoms with Crippen LogP contribution in [0.25, 0.3) is 0 Å². The fourth-order valence-corrected chi connectivity index (χ4v) is 2.49. The van der Waals surface area contributed by atoms with Gasteiger partial charge in [-0.1, -0.05) is 12.1 Å². The molecule has 5 heteroatoms. The fraction of sp³-hybridized carbons (Fsp3) is 0.500. The van der Waals surface area contributed by atoms with Crippen LogP contribution >= 0.6 is 0 Å². The summed E-state index contributed by atoms with van der Waals surface area (Å²) in [5.41, 5.74) is 0.208. The fourth-order valence-electron chi connectivity index (χ4n) is 2.49. The van der Waals surface area contributed by atoms with Crippen LogP contribution in [0.15, 0.2) is 18.2 Å². The van der Waals surface area contributed by atoms with Gasteiger partial charge in [-0.15, -0.1) is 0 Å². The van der Waals surface area contributed by atoms with Crippen LogP contribution in [0.4, 0.5) is 4.39 Å². The maximum absolute atomic E-state index is 14.0. The van der Waals surface area contributed by atoms with Gasteiger partial charge >= 0.3 is 5.97 Å². The number of benzene rings is 1. The molecule has 0 radical (unpaired) electrons. The van der Waals surface area contributed by atoms with Crippen molar-refractivity contribution in [3.8, 4) is 0 Å². The molecule has 0 saturated carbocycles. The lowest BCUT2D eigenvalue weighted by Gasteiger charge is -2.20. The van der Waals surface area contributed by atoms with Crippen molar-refractivity contribution in [1.29, 1.82) is 0 Å². The maximum Gasteiger partial charge on any atom is 0.338 e. The molecular weight excluding hydrogens is 247 g/mol. The van der Waals surface area contributed by atoms with E-state index in [1.807, 2.05) is 14.1 Å². The van der Waals surface area contributed by atoms with E-state index in [1.165, 1.54) is 6.07 Å². The molecule has 1 fully saturated rings. The first-order valence-corrected chi connectivity index (χ1v) is 6.38. The van der Waals surface area contributed by atoms with E-state index in [-0.39, 0.29) is 5.56 Å². The zero-order valence-corrected chi connectivity index (χ0v) is 11.3. The topological polar surface area (TPSA) is 43.8 Å². The Balaban J connectivity index is 2.08. The standard InChI is InChI=1S/C14H19FN2O2/c1-16(2)11-6-7-17(9-11)8-10-4-3-5-12(13(10)15)14(18)19/h3-5,11H,6-9H2,1-2H3,(H,18,19). The third-order valence-corrected chi connectivity index (χ3v) is 3.68. The first kappa shape index (κ1) is 14.0. The van der Waals surface area contributed by atoms with Crippen molar-refractivity contribution in [2.75, 3.05) is 27.2 Å². The molecule has 0 aliphatic carbocycles. The van der Waals surface area contributed by atoms with E-state index in [9.17, 15) is 9.18 Å². The average Bonchev–Trinajstić information content (AvgIpc) is 2.80. The van der Waals surface area contributed by atoms with Crippen molar-refractivity contribution >= 4 is 5.97 Å². The van der Waals surface area contributed by atoms with E-state index >= 15 is 0 Å². The molecule has 1 aromatic rings. The lowest BCUT2D eigenvalue weighted by Crippen LogP contribution is -2.31. The maximum atomic E-state index is 14.0. The van der Waals surface area contributed by atoms with Crippen molar-refractivity contribution in [3.63, 3.8) is 0 Å². The van der Waals surface area contributed by atoms with Crippen molar-refractivity contribution in [2.24, 2.45) is 0 Å². The summed E-state index contributed by atoms with van der Waals surface area (Å²) < 4.78 is 14.0. The molecule has 1 N–H and O–H groups in total. The number of likely N-dealkylation sites (tertiary alicyclic amines) is 1. The van der Waals surface area contributed by atoms with E-state index in [1.54, 1.807) is 12.1 Å². The summed E-state index contributed by atoms with van der Waals surface area (Å²) in [7, 11) is 4.08. The third-order valence-electron chi connectivity index (χ3n) is 3.68. The second kappa shape index (κ2) is 5.67. The molecule has 104 valence electrons. The van der Waals surface area contributed by atoms with Gasteiger partial charge in [0, 0.05) is 31.2 Å². The molecule has 0 amide bonds. The van der Waals surface area contributed by atoms with Gasteiger partial charge in [0.15, 0.2) is 0 Å². The number of hydrogen-bond acceptors (Lipinski definition) is 3. The highest BCUT2D eigenvalue weighted by molar-refractivity contribution is 5.88. The largest absolute Gasteiger partial charge is 0.478 e. The Bertz CT molecular complexity index is 477. The molecule has 4 nitrogen and oxygen atoms in total. The van der Waals surface area contributed by atoms with E-state index < -0.39 is 11.8 Å². The number of nitrogens with zero attached hydrogens (tertiary/aromatic N) is 2. The first-order valence-electron chi connectivity index (χ1n) is 6.38. The Labute approximate surface area is 112 Å². The number of carbonyl (C=O) groups is 1. The lowest BCUT2D eigenvalue weighted by molar-refractivity contribution is 0.0691. The molecule has 1 heterocycles. The van der Waals surface area contributed by atoms with Crippen molar-refractivity contribution < 1.29 is 14.3 Å². The summed E-state index contributed by atoms with van der Waals surface area (Å²) in [4.78, 5) is 15.2. The van der Waals surface area contributed by atoms with Crippen LogP contribution in [0, 0.1) is 5.82 Å². The zero-order chi connectivity index (χ0) is 14.0. The minimum atomic E-state index is -1.22. The SMILES string of the molecule is CN(C)C1CCN(Cc2cccc(C(=O)O)c2F)C1. The minimum Gasteiger partial charge on any atom is -0.478 e. The van der Waals surface area contributed by atoms with Gasteiger partial charge in [-0.2, -0.15) is 0 Å². The molecule has 1 aliphatic heterocycles. The lowest BCUT2D eigenvalue weighted by atomic mass is 10.1. The van der Waals surface area contributed by atoms with Crippen molar-refractivity contribution in [1.82, 2.24) is 9.80 Å². The Hall–Kier alpha value is -1.46. The van der Waals surface area contributed by atoms with E-state index in [4.69, 9.17) is 5.11 Å². The minimum absolute atomic E-state index is 0.249. The molecule has 1 aliphatic rings. The normalized spacial score (nSPS) is 20.1. The summed E-state index contributed by atoms with van der Waals surface area (Å²) in [6.07, 6.45) is 1.06. The number of halogens is 1. The average molecular weight is 266 g/mol. The molecular formula is C14H19FN2O2. The number of carboxylic acids is 1. The molecule has 1 atom stereocenters. The van der Waals surface area contributed by atoms with Gasteiger partial charge in [-0.3, -0.25) is 4.90 Å². The highest BCUT2D eigenvalue weighted by Gasteiger charge is 2.25. The molecule has 1 aromatic carbocycles. The van der Waals surface area contributed by atoms with E-state index in [0.717, 1.165) is 19.5 Å². The Kier molecular flexibility index (Phi) is 4.17. The van der Waals surface area contributed by atoms with Crippen LogP contribution < -0.4 is 0 Å². The summed E-state index contributed by atoms with van der Waals surface area (Å²) in [6, 6.07) is 5.05. The second-order valence-corrected chi connectivity index (χ2v) is 5.23. The Morgan fingerprint density at radius 2 is 2.26 bits per heavy atom. The monoisotopic (exact) mass is 266 g/mol. The Morgan fingerprint density at radius 1 is 1.53 bits per heavy atom. The van der Waals surface area contributed by atoms with Crippen LogP contribution in [0.3, 0.4) is 0 Å². The van der Waals surface area contributed by atoms with E-state index in [2.05, 4.69) is 9.80 Å². The van der Waals surface area contributed by atoms with Crippen LogP contribution in [-0.4, -0.2) is 54.1 Å². The van der Waals surface area contributed by atoms with Gasteiger partial charge in [0.2, 0.25) is 0 Å². The quantitative estimate of drug-likeness (QED) is 0.900. The van der Waals surface area contributed by atoms with Crippen LogP contribution in [0.1, 0.15) is 22.3 Å². The highest BCUT2D eigenvalue weighted by atomic mass is 19.1. The highest BCUT2D eigenvalue weighted by Crippen LogP contribution is 2.19. The van der Waals surface area contributed by atoms with Crippen LogP contribution in [0.2, 0.25) is 0 Å². The van der Waals surface area contributed by atoms with Crippen molar-refractivity contribution in [2.45, 2.75) is 19.0 Å². The third kappa shape index (κ3) is 3.11. The second-order valence-electron chi connectivity index (χ2n) is 5.23. The predicted octanol–water partition coefficient (Wildman–Crippen LogP) is 1.66. The summed E-state index contributed by atoms with van der Waals surface area (Å²) in [6.45, 7) is 2.28. The zero-order valence-electron chi connectivity index (χ0n) is 11.3. The molecule has 0 spiro atoms. The van der Waals surface area contributed by atoms with Gasteiger partial charge in [0.25, 0.3) is 0 Å². The number of aromatic carboxylic acids is 1. The van der Waals surface area contributed by atoms with Gasteiger partial charge in [-0.25, -0.2) is 9.18 Å². The van der Waals surface area contributed by atoms with Crippen LogP contribution in [-0.2, 0) is 6.54 Å². The number of likely N-dealkylation sites (N-methyl/N-ethyl adjacent to an activating group) is 1. The van der Waals surface area contributed by atoms with Gasteiger partial charge in [-0.05, 0) is 26.6 Å². The number of hydrogen-bond donors (Lipinski definition) is 1.